The molecule has 2 N–H and O–H groups in total. The van der Waals surface area contributed by atoms with Crippen LogP contribution in [-0.2, 0) is 9.59 Å². The lowest BCUT2D eigenvalue weighted by atomic mass is 10.0. The van der Waals surface area contributed by atoms with Gasteiger partial charge >= 0.3 is 0 Å². The van der Waals surface area contributed by atoms with E-state index in [1.54, 1.807) is 0 Å². The fraction of sp³-hybridized carbons (Fsp3) is 0.800. The molecule has 0 aromatic carbocycles. The molecule has 1 aliphatic carbocycles. The summed E-state index contributed by atoms with van der Waals surface area (Å²) >= 11 is 0. The molecule has 0 aliphatic heterocycles. The van der Waals surface area contributed by atoms with E-state index in [-0.39, 0.29) is 0 Å². The number of isocyanates is 2. The van der Waals surface area contributed by atoms with Crippen LogP contribution in [0.1, 0.15) is 51.4 Å². The molecule has 0 unspecified atom stereocenters. The van der Waals surface area contributed by atoms with Crippen LogP contribution in [0, 0.1) is 10.8 Å². The van der Waals surface area contributed by atoms with Gasteiger partial charge in [-0.15, -0.1) is 0 Å². The SMILES string of the molecule is C1CCCCCCC1.N=C=O.N=C=O. The third kappa shape index (κ3) is 22.4. The molecular formula is C10H18N2O2. The van der Waals surface area contributed by atoms with Crippen LogP contribution in [-0.4, -0.2) is 12.2 Å². The minimum absolute atomic E-state index is 0.750. The Bertz CT molecular complexity index is 133. The third-order valence-corrected chi connectivity index (χ3v) is 2.00. The molecule has 4 heteroatoms. The van der Waals surface area contributed by atoms with Crippen molar-refractivity contribution < 1.29 is 9.59 Å². The summed E-state index contributed by atoms with van der Waals surface area (Å²) in [6.07, 6.45) is 13.5. The molecule has 0 amide bonds. The fourth-order valence-corrected chi connectivity index (χ4v) is 1.41. The van der Waals surface area contributed by atoms with Crippen molar-refractivity contribution in [2.75, 3.05) is 0 Å². The molecule has 1 rings (SSSR count). The van der Waals surface area contributed by atoms with Gasteiger partial charge in [0.2, 0.25) is 12.2 Å². The summed E-state index contributed by atoms with van der Waals surface area (Å²) < 4.78 is 0. The maximum Gasteiger partial charge on any atom is 0.231 e. The highest BCUT2D eigenvalue weighted by Crippen LogP contribution is 2.15. The van der Waals surface area contributed by atoms with Gasteiger partial charge in [0.1, 0.15) is 0 Å². The van der Waals surface area contributed by atoms with Crippen LogP contribution in [0.3, 0.4) is 0 Å². The zero-order valence-electron chi connectivity index (χ0n) is 8.47. The molecular weight excluding hydrogens is 180 g/mol. The van der Waals surface area contributed by atoms with Crippen molar-refractivity contribution >= 4 is 12.2 Å². The van der Waals surface area contributed by atoms with Crippen LogP contribution in [0.4, 0.5) is 0 Å². The highest BCUT2D eigenvalue weighted by atomic mass is 16.1. The molecule has 0 aromatic rings. The molecule has 0 atom stereocenters. The van der Waals surface area contributed by atoms with Crippen LogP contribution < -0.4 is 0 Å². The van der Waals surface area contributed by atoms with Crippen molar-refractivity contribution in [1.29, 1.82) is 10.8 Å². The van der Waals surface area contributed by atoms with Crippen LogP contribution >= 0.6 is 0 Å². The highest BCUT2D eigenvalue weighted by molar-refractivity contribution is 5.26. The van der Waals surface area contributed by atoms with Gasteiger partial charge in [0.15, 0.2) is 0 Å². The lowest BCUT2D eigenvalue weighted by molar-refractivity contribution is 0.504. The van der Waals surface area contributed by atoms with Crippen LogP contribution in [0.15, 0.2) is 0 Å². The van der Waals surface area contributed by atoms with Crippen molar-refractivity contribution in [3.8, 4) is 0 Å². The molecule has 1 fully saturated rings. The minimum atomic E-state index is 0.750. The Morgan fingerprint density at radius 3 is 0.714 bits per heavy atom. The fourth-order valence-electron chi connectivity index (χ4n) is 1.41. The summed E-state index contributed by atoms with van der Waals surface area (Å²) in [5, 5.41) is 10.8. The summed E-state index contributed by atoms with van der Waals surface area (Å²) in [5.41, 5.74) is 0. The van der Waals surface area contributed by atoms with E-state index in [2.05, 4.69) is 0 Å². The van der Waals surface area contributed by atoms with Crippen LogP contribution in [0.2, 0.25) is 0 Å². The molecule has 0 bridgehead atoms. The van der Waals surface area contributed by atoms with Crippen LogP contribution in [0.5, 0.6) is 0 Å². The second-order valence-corrected chi connectivity index (χ2v) is 3.03. The maximum absolute atomic E-state index is 8.35. The average Bonchev–Trinajstić information content (AvgIpc) is 2.04. The van der Waals surface area contributed by atoms with Gasteiger partial charge in [-0.3, -0.25) is 0 Å². The Kier molecular flexibility index (Phi) is 19.3. The molecule has 1 aliphatic rings. The topological polar surface area (TPSA) is 81.8 Å². The smallest absolute Gasteiger partial charge is 0.222 e. The van der Waals surface area contributed by atoms with Gasteiger partial charge in [0.05, 0.1) is 0 Å². The van der Waals surface area contributed by atoms with Gasteiger partial charge < -0.3 is 0 Å². The van der Waals surface area contributed by atoms with E-state index in [0.29, 0.717) is 0 Å². The Morgan fingerprint density at radius 1 is 0.571 bits per heavy atom. The molecule has 0 spiro atoms. The van der Waals surface area contributed by atoms with Crippen molar-refractivity contribution in [2.24, 2.45) is 0 Å². The van der Waals surface area contributed by atoms with E-state index >= 15 is 0 Å². The number of rotatable bonds is 0. The Morgan fingerprint density at radius 2 is 0.643 bits per heavy atom. The third-order valence-electron chi connectivity index (χ3n) is 2.00. The van der Waals surface area contributed by atoms with Crippen molar-refractivity contribution in [2.45, 2.75) is 51.4 Å². The first-order valence-electron chi connectivity index (χ1n) is 4.91. The number of hydrogen-bond donors (Lipinski definition) is 2. The maximum atomic E-state index is 8.35. The molecule has 0 aromatic heterocycles. The van der Waals surface area contributed by atoms with E-state index in [1.807, 2.05) is 0 Å². The lowest BCUT2D eigenvalue weighted by Crippen LogP contribution is -1.85. The summed E-state index contributed by atoms with van der Waals surface area (Å²) in [6.45, 7) is 0. The van der Waals surface area contributed by atoms with E-state index in [4.69, 9.17) is 20.4 Å². The zero-order valence-corrected chi connectivity index (χ0v) is 8.47. The lowest BCUT2D eigenvalue weighted by Gasteiger charge is -2.05. The molecule has 14 heavy (non-hydrogen) atoms. The molecule has 1 saturated carbocycles. The summed E-state index contributed by atoms with van der Waals surface area (Å²) in [7, 11) is 0. The van der Waals surface area contributed by atoms with E-state index in [1.165, 1.54) is 51.4 Å². The predicted molar refractivity (Wildman–Crippen MR) is 53.8 cm³/mol. The first-order valence-corrected chi connectivity index (χ1v) is 4.91. The Hall–Kier alpha value is -1.24. The number of hydrogen-bond acceptors (Lipinski definition) is 4. The van der Waals surface area contributed by atoms with E-state index in [9.17, 15) is 0 Å². The van der Waals surface area contributed by atoms with E-state index < -0.39 is 0 Å². The van der Waals surface area contributed by atoms with Gasteiger partial charge in [-0.05, 0) is 0 Å². The zero-order chi connectivity index (χ0) is 11.1. The van der Waals surface area contributed by atoms with Gasteiger partial charge in [0, 0.05) is 0 Å². The second-order valence-electron chi connectivity index (χ2n) is 3.03. The number of carbonyl (C=O) groups excluding carboxylic acids is 2. The molecule has 80 valence electrons. The van der Waals surface area contributed by atoms with Crippen molar-refractivity contribution in [3.05, 3.63) is 0 Å². The van der Waals surface area contributed by atoms with Gasteiger partial charge in [-0.1, -0.05) is 51.4 Å². The number of nitrogens with one attached hydrogen (secondary N) is 2. The van der Waals surface area contributed by atoms with Gasteiger partial charge in [0.25, 0.3) is 0 Å². The Balaban J connectivity index is 0. The first-order chi connectivity index (χ1) is 6.83. The van der Waals surface area contributed by atoms with Crippen LogP contribution in [0.25, 0.3) is 0 Å². The molecule has 4 nitrogen and oxygen atoms in total. The van der Waals surface area contributed by atoms with Gasteiger partial charge in [-0.25, -0.2) is 20.4 Å². The minimum Gasteiger partial charge on any atom is -0.222 e. The average molecular weight is 198 g/mol. The summed E-state index contributed by atoms with van der Waals surface area (Å²) in [6, 6.07) is 0. The van der Waals surface area contributed by atoms with E-state index in [0.717, 1.165) is 12.2 Å². The second kappa shape index (κ2) is 17.7. The standard InChI is InChI=1S/C8H16.2CHNO/c1-2-4-6-8-7-5-3-1;2*2-1-3/h1-8H2;2*2H. The normalized spacial score (nSPS) is 14.9. The summed E-state index contributed by atoms with van der Waals surface area (Å²) in [5.74, 6) is 0. The van der Waals surface area contributed by atoms with Crippen molar-refractivity contribution in [3.63, 3.8) is 0 Å². The highest BCUT2D eigenvalue weighted by Gasteiger charge is 1.95. The molecule has 0 saturated heterocycles. The monoisotopic (exact) mass is 198 g/mol. The summed E-state index contributed by atoms with van der Waals surface area (Å²) in [4.78, 5) is 16.7. The molecule has 0 radical (unpaired) electrons. The van der Waals surface area contributed by atoms with Crippen molar-refractivity contribution in [1.82, 2.24) is 0 Å². The molecule has 0 heterocycles. The Labute approximate surface area is 84.7 Å². The van der Waals surface area contributed by atoms with Gasteiger partial charge in [-0.2, -0.15) is 0 Å². The first kappa shape index (κ1) is 15.2. The largest absolute Gasteiger partial charge is 0.231 e. The predicted octanol–water partition coefficient (Wildman–Crippen LogP) is 2.92. The quantitative estimate of drug-likeness (QED) is 0.463.